The third-order valence-corrected chi connectivity index (χ3v) is 5.19. The van der Waals surface area contributed by atoms with Crippen LogP contribution in [0.4, 0.5) is 0 Å². The summed E-state index contributed by atoms with van der Waals surface area (Å²) in [4.78, 5) is 12.5. The quantitative estimate of drug-likeness (QED) is 0.310. The standard InChI is InChI=1S/C22H17BrCl2N2O3/c1-29-21-8-6-16(23)11-18(21)22(28)27-26-12-15-10-17(24)7-9-20(15)30-13-14-4-2-3-5-19(14)25/h2-12H,13H2,1H3,(H,27,28)/b26-12-. The molecule has 5 nitrogen and oxygen atoms in total. The minimum Gasteiger partial charge on any atom is -0.496 e. The van der Waals surface area contributed by atoms with Gasteiger partial charge in [0.25, 0.3) is 5.91 Å². The van der Waals surface area contributed by atoms with Gasteiger partial charge in [-0.05, 0) is 42.5 Å². The number of amides is 1. The highest BCUT2D eigenvalue weighted by molar-refractivity contribution is 9.10. The number of hydrogen-bond acceptors (Lipinski definition) is 4. The lowest BCUT2D eigenvalue weighted by Crippen LogP contribution is -2.18. The Hall–Kier alpha value is -2.54. The number of nitrogens with one attached hydrogen (secondary N) is 1. The molecule has 0 heterocycles. The lowest BCUT2D eigenvalue weighted by Gasteiger charge is -2.11. The smallest absolute Gasteiger partial charge is 0.275 e. The molecule has 154 valence electrons. The molecule has 0 atom stereocenters. The zero-order valence-electron chi connectivity index (χ0n) is 15.9. The first-order valence-corrected chi connectivity index (χ1v) is 10.4. The number of halogens is 3. The van der Waals surface area contributed by atoms with Gasteiger partial charge in [0.15, 0.2) is 0 Å². The SMILES string of the molecule is COc1ccc(Br)cc1C(=O)N/N=C\c1cc(Cl)ccc1OCc1ccccc1Cl. The number of rotatable bonds is 7. The van der Waals surface area contributed by atoms with Crippen LogP contribution in [0.25, 0.3) is 0 Å². The van der Waals surface area contributed by atoms with E-state index in [-0.39, 0.29) is 6.61 Å². The first-order chi connectivity index (χ1) is 14.5. The first-order valence-electron chi connectivity index (χ1n) is 8.80. The molecule has 0 spiro atoms. The maximum Gasteiger partial charge on any atom is 0.275 e. The Kier molecular flexibility index (Phi) is 7.74. The van der Waals surface area contributed by atoms with Crippen molar-refractivity contribution in [2.24, 2.45) is 5.10 Å². The van der Waals surface area contributed by atoms with Crippen molar-refractivity contribution in [2.45, 2.75) is 6.61 Å². The summed E-state index contributed by atoms with van der Waals surface area (Å²) in [7, 11) is 1.50. The van der Waals surface area contributed by atoms with E-state index < -0.39 is 5.91 Å². The van der Waals surface area contributed by atoms with E-state index in [1.54, 1.807) is 42.5 Å². The molecule has 1 amide bonds. The molecule has 3 aromatic rings. The third-order valence-electron chi connectivity index (χ3n) is 4.09. The van der Waals surface area contributed by atoms with Crippen LogP contribution in [-0.4, -0.2) is 19.2 Å². The van der Waals surface area contributed by atoms with Crippen molar-refractivity contribution in [1.29, 1.82) is 0 Å². The van der Waals surface area contributed by atoms with E-state index in [1.165, 1.54) is 13.3 Å². The van der Waals surface area contributed by atoms with Gasteiger partial charge in [-0.1, -0.05) is 57.3 Å². The predicted molar refractivity (Wildman–Crippen MR) is 123 cm³/mol. The van der Waals surface area contributed by atoms with Crippen LogP contribution in [0.2, 0.25) is 10.0 Å². The van der Waals surface area contributed by atoms with Crippen molar-refractivity contribution < 1.29 is 14.3 Å². The van der Waals surface area contributed by atoms with Gasteiger partial charge in [0.05, 0.1) is 18.9 Å². The van der Waals surface area contributed by atoms with Crippen molar-refractivity contribution in [2.75, 3.05) is 7.11 Å². The molecule has 3 rings (SSSR count). The molecule has 0 fully saturated rings. The van der Waals surface area contributed by atoms with E-state index in [1.807, 2.05) is 18.2 Å². The zero-order chi connectivity index (χ0) is 21.5. The molecule has 0 aromatic heterocycles. The monoisotopic (exact) mass is 506 g/mol. The van der Waals surface area contributed by atoms with Crippen LogP contribution in [0.15, 0.2) is 70.2 Å². The molecule has 30 heavy (non-hydrogen) atoms. The summed E-state index contributed by atoms with van der Waals surface area (Å²) in [5, 5.41) is 5.17. The second kappa shape index (κ2) is 10.5. The van der Waals surface area contributed by atoms with Crippen LogP contribution in [0.1, 0.15) is 21.5 Å². The number of hydrazone groups is 1. The summed E-state index contributed by atoms with van der Waals surface area (Å²) >= 11 is 15.6. The molecule has 0 aliphatic carbocycles. The number of carbonyl (C=O) groups is 1. The molecule has 0 unspecified atom stereocenters. The van der Waals surface area contributed by atoms with Gasteiger partial charge in [-0.25, -0.2) is 5.43 Å². The minimum atomic E-state index is -0.412. The van der Waals surface area contributed by atoms with Crippen LogP contribution in [0.5, 0.6) is 11.5 Å². The molecule has 0 saturated carbocycles. The number of hydrogen-bond donors (Lipinski definition) is 1. The van der Waals surface area contributed by atoms with Gasteiger partial charge in [0.1, 0.15) is 18.1 Å². The third kappa shape index (κ3) is 5.75. The van der Waals surface area contributed by atoms with Gasteiger partial charge < -0.3 is 9.47 Å². The lowest BCUT2D eigenvalue weighted by molar-refractivity contribution is 0.0952. The van der Waals surface area contributed by atoms with E-state index in [2.05, 4.69) is 26.5 Å². The maximum absolute atomic E-state index is 12.5. The van der Waals surface area contributed by atoms with Crippen LogP contribution in [0.3, 0.4) is 0 Å². The van der Waals surface area contributed by atoms with Crippen LogP contribution in [-0.2, 0) is 6.61 Å². The number of methoxy groups -OCH3 is 1. The summed E-state index contributed by atoms with van der Waals surface area (Å²) in [5.41, 5.74) is 4.30. The van der Waals surface area contributed by atoms with Gasteiger partial charge in [-0.2, -0.15) is 5.10 Å². The van der Waals surface area contributed by atoms with Crippen molar-refractivity contribution >= 4 is 51.3 Å². The second-order valence-corrected chi connectivity index (χ2v) is 7.87. The zero-order valence-corrected chi connectivity index (χ0v) is 19.0. The normalized spacial score (nSPS) is 10.8. The number of ether oxygens (including phenoxy) is 2. The van der Waals surface area contributed by atoms with E-state index in [0.717, 1.165) is 10.0 Å². The summed E-state index contributed by atoms with van der Waals surface area (Å²) in [6, 6.07) is 17.7. The van der Waals surface area contributed by atoms with Crippen molar-refractivity contribution in [3.63, 3.8) is 0 Å². The molecule has 0 radical (unpaired) electrons. The summed E-state index contributed by atoms with van der Waals surface area (Å²) < 4.78 is 11.9. The summed E-state index contributed by atoms with van der Waals surface area (Å²) in [5.74, 6) is 0.583. The second-order valence-electron chi connectivity index (χ2n) is 6.11. The van der Waals surface area contributed by atoms with Gasteiger partial charge in [-0.15, -0.1) is 0 Å². The predicted octanol–water partition coefficient (Wildman–Crippen LogP) is 6.11. The first kappa shape index (κ1) is 22.2. The van der Waals surface area contributed by atoms with Gasteiger partial charge >= 0.3 is 0 Å². The molecule has 0 aliphatic heterocycles. The summed E-state index contributed by atoms with van der Waals surface area (Å²) in [6.45, 7) is 0.281. The molecule has 1 N–H and O–H groups in total. The van der Waals surface area contributed by atoms with E-state index in [4.69, 9.17) is 32.7 Å². The van der Waals surface area contributed by atoms with E-state index in [9.17, 15) is 4.79 Å². The minimum absolute atomic E-state index is 0.281. The Bertz CT molecular complexity index is 1090. The molecular formula is C22H17BrCl2N2O3. The Labute approximate surface area is 192 Å². The molecule has 3 aromatic carbocycles. The number of nitrogens with zero attached hydrogens (tertiary/aromatic N) is 1. The summed E-state index contributed by atoms with van der Waals surface area (Å²) in [6.07, 6.45) is 1.47. The van der Waals surface area contributed by atoms with Crippen molar-refractivity contribution in [3.05, 3.63) is 91.9 Å². The molecule has 0 aliphatic rings. The van der Waals surface area contributed by atoms with Gasteiger partial charge in [-0.3, -0.25) is 4.79 Å². The number of carbonyl (C=O) groups excluding carboxylic acids is 1. The Balaban J connectivity index is 1.74. The Morgan fingerprint density at radius 3 is 2.63 bits per heavy atom. The Morgan fingerprint density at radius 2 is 1.87 bits per heavy atom. The van der Waals surface area contributed by atoms with E-state index >= 15 is 0 Å². The van der Waals surface area contributed by atoms with Gasteiger partial charge in [0.2, 0.25) is 0 Å². The average molecular weight is 508 g/mol. The molecule has 0 saturated heterocycles. The largest absolute Gasteiger partial charge is 0.496 e. The topological polar surface area (TPSA) is 59.9 Å². The average Bonchev–Trinajstić information content (AvgIpc) is 2.74. The lowest BCUT2D eigenvalue weighted by atomic mass is 10.2. The van der Waals surface area contributed by atoms with Crippen LogP contribution >= 0.6 is 39.1 Å². The van der Waals surface area contributed by atoms with Gasteiger partial charge in [0, 0.05) is 25.6 Å². The highest BCUT2D eigenvalue weighted by Gasteiger charge is 2.12. The fraction of sp³-hybridized carbons (Fsp3) is 0.0909. The molecule has 8 heteroatoms. The highest BCUT2D eigenvalue weighted by Crippen LogP contribution is 2.25. The number of benzene rings is 3. The maximum atomic E-state index is 12.5. The fourth-order valence-corrected chi connectivity index (χ4v) is 3.33. The molecule has 0 bridgehead atoms. The van der Waals surface area contributed by atoms with Crippen molar-refractivity contribution in [1.82, 2.24) is 5.43 Å². The van der Waals surface area contributed by atoms with Crippen LogP contribution < -0.4 is 14.9 Å². The van der Waals surface area contributed by atoms with Crippen molar-refractivity contribution in [3.8, 4) is 11.5 Å². The Morgan fingerprint density at radius 1 is 1.10 bits per heavy atom. The van der Waals surface area contributed by atoms with E-state index in [0.29, 0.717) is 32.7 Å². The molecular weight excluding hydrogens is 491 g/mol. The fourth-order valence-electron chi connectivity index (χ4n) is 2.60. The highest BCUT2D eigenvalue weighted by atomic mass is 79.9. The van der Waals surface area contributed by atoms with Crippen LogP contribution in [0, 0.1) is 0 Å².